The summed E-state index contributed by atoms with van der Waals surface area (Å²) in [6, 6.07) is 3.71. The number of piperazine rings is 1. The molecule has 3 atom stereocenters. The van der Waals surface area contributed by atoms with E-state index < -0.39 is 11.0 Å². The Morgan fingerprint density at radius 2 is 2.08 bits per heavy atom. The van der Waals surface area contributed by atoms with E-state index in [1.807, 2.05) is 0 Å². The van der Waals surface area contributed by atoms with Crippen molar-refractivity contribution < 1.29 is 19.2 Å². The first-order valence-corrected chi connectivity index (χ1v) is 8.66. The summed E-state index contributed by atoms with van der Waals surface area (Å²) < 4.78 is 5.10. The van der Waals surface area contributed by atoms with Crippen LogP contribution in [0.15, 0.2) is 18.2 Å². The molecular formula is C17H22N4O5. The summed E-state index contributed by atoms with van der Waals surface area (Å²) in [7, 11) is 1.37. The lowest BCUT2D eigenvalue weighted by molar-refractivity contribution is -0.384. The number of methoxy groups -OCH3 is 1. The topological polar surface area (TPSA) is 123 Å². The number of amides is 2. The van der Waals surface area contributed by atoms with Gasteiger partial charge in [0, 0.05) is 18.2 Å². The number of carbonyl (C=O) groups excluding carboxylic acids is 2. The van der Waals surface area contributed by atoms with Crippen LogP contribution in [0.5, 0.6) is 5.75 Å². The van der Waals surface area contributed by atoms with Gasteiger partial charge in [0.15, 0.2) is 0 Å². The van der Waals surface area contributed by atoms with Crippen molar-refractivity contribution in [2.75, 3.05) is 12.4 Å². The van der Waals surface area contributed by atoms with Crippen molar-refractivity contribution >= 4 is 23.2 Å². The fourth-order valence-corrected chi connectivity index (χ4v) is 3.56. The highest BCUT2D eigenvalue weighted by molar-refractivity contribution is 5.96. The molecule has 0 bridgehead atoms. The minimum absolute atomic E-state index is 0.0187. The van der Waals surface area contributed by atoms with Crippen molar-refractivity contribution in [1.29, 1.82) is 0 Å². The second kappa shape index (κ2) is 7.69. The van der Waals surface area contributed by atoms with Gasteiger partial charge in [0.25, 0.3) is 5.69 Å². The van der Waals surface area contributed by atoms with Crippen LogP contribution in [0, 0.1) is 10.1 Å². The molecule has 26 heavy (non-hydrogen) atoms. The number of anilines is 1. The quantitative estimate of drug-likeness (QED) is 0.536. The fourth-order valence-electron chi connectivity index (χ4n) is 3.56. The van der Waals surface area contributed by atoms with Crippen molar-refractivity contribution in [3.63, 3.8) is 0 Å². The molecule has 0 spiro atoms. The summed E-state index contributed by atoms with van der Waals surface area (Å²) in [5.41, 5.74) is 0.200. The molecule has 2 amide bonds. The molecule has 3 N–H and O–H groups in total. The second-order valence-electron chi connectivity index (χ2n) is 6.62. The SMILES string of the molecule is COc1cc([N+](=O)[O-])ccc1NC(=O)CC1NC2CCCCC2NC1=O. The van der Waals surface area contributed by atoms with E-state index in [1.165, 1.54) is 25.3 Å². The summed E-state index contributed by atoms with van der Waals surface area (Å²) in [5.74, 6) is -0.334. The predicted molar refractivity (Wildman–Crippen MR) is 94.0 cm³/mol. The van der Waals surface area contributed by atoms with E-state index in [4.69, 9.17) is 4.74 Å². The van der Waals surface area contributed by atoms with Gasteiger partial charge in [0.1, 0.15) is 5.75 Å². The zero-order valence-electron chi connectivity index (χ0n) is 14.5. The molecule has 1 saturated heterocycles. The van der Waals surface area contributed by atoms with Crippen molar-refractivity contribution in [2.45, 2.75) is 50.2 Å². The monoisotopic (exact) mass is 362 g/mol. The third-order valence-corrected chi connectivity index (χ3v) is 4.88. The molecule has 1 aromatic rings. The zero-order valence-corrected chi connectivity index (χ0v) is 14.5. The van der Waals surface area contributed by atoms with E-state index in [0.29, 0.717) is 5.69 Å². The summed E-state index contributed by atoms with van der Waals surface area (Å²) in [6.45, 7) is 0. The third-order valence-electron chi connectivity index (χ3n) is 4.88. The van der Waals surface area contributed by atoms with Crippen LogP contribution in [-0.2, 0) is 9.59 Å². The van der Waals surface area contributed by atoms with E-state index in [0.717, 1.165) is 25.7 Å². The van der Waals surface area contributed by atoms with Crippen LogP contribution in [0.3, 0.4) is 0 Å². The normalized spacial score (nSPS) is 25.0. The second-order valence-corrected chi connectivity index (χ2v) is 6.62. The molecule has 0 radical (unpaired) electrons. The summed E-state index contributed by atoms with van der Waals surface area (Å²) >= 11 is 0. The Morgan fingerprint density at radius 3 is 2.77 bits per heavy atom. The first-order chi connectivity index (χ1) is 12.5. The number of rotatable bonds is 5. The highest BCUT2D eigenvalue weighted by Crippen LogP contribution is 2.29. The predicted octanol–water partition coefficient (Wildman–Crippen LogP) is 1.33. The number of ether oxygens (including phenoxy) is 1. The lowest BCUT2D eigenvalue weighted by atomic mass is 9.87. The minimum atomic E-state index is -0.585. The van der Waals surface area contributed by atoms with Gasteiger partial charge in [-0.2, -0.15) is 0 Å². The van der Waals surface area contributed by atoms with Crippen LogP contribution in [0.2, 0.25) is 0 Å². The van der Waals surface area contributed by atoms with Gasteiger partial charge in [0.05, 0.1) is 36.2 Å². The van der Waals surface area contributed by atoms with Crippen molar-refractivity contribution in [3.8, 4) is 5.75 Å². The molecule has 2 fully saturated rings. The molecule has 9 nitrogen and oxygen atoms in total. The van der Waals surface area contributed by atoms with E-state index in [2.05, 4.69) is 16.0 Å². The molecular weight excluding hydrogens is 340 g/mol. The van der Waals surface area contributed by atoms with E-state index in [9.17, 15) is 19.7 Å². The Morgan fingerprint density at radius 1 is 1.35 bits per heavy atom. The van der Waals surface area contributed by atoms with Crippen molar-refractivity contribution in [2.24, 2.45) is 0 Å². The van der Waals surface area contributed by atoms with Gasteiger partial charge in [0.2, 0.25) is 11.8 Å². The molecule has 3 rings (SSSR count). The number of hydrogen-bond acceptors (Lipinski definition) is 6. The molecule has 1 aliphatic carbocycles. The molecule has 140 valence electrons. The van der Waals surface area contributed by atoms with Gasteiger partial charge >= 0.3 is 0 Å². The minimum Gasteiger partial charge on any atom is -0.494 e. The van der Waals surface area contributed by atoms with Gasteiger partial charge in [-0.05, 0) is 18.9 Å². The molecule has 3 unspecified atom stereocenters. The van der Waals surface area contributed by atoms with Gasteiger partial charge < -0.3 is 20.7 Å². The maximum absolute atomic E-state index is 12.4. The Bertz CT molecular complexity index is 723. The largest absolute Gasteiger partial charge is 0.494 e. The molecule has 0 aromatic heterocycles. The first kappa shape index (κ1) is 18.1. The number of nitro groups is 1. The Kier molecular flexibility index (Phi) is 5.36. The summed E-state index contributed by atoms with van der Waals surface area (Å²) in [5, 5.41) is 19.8. The molecule has 1 saturated carbocycles. The first-order valence-electron chi connectivity index (χ1n) is 8.66. The Labute approximate surface area is 150 Å². The number of carbonyl (C=O) groups is 2. The number of nitrogens with zero attached hydrogens (tertiary/aromatic N) is 1. The van der Waals surface area contributed by atoms with E-state index in [1.54, 1.807) is 0 Å². The average molecular weight is 362 g/mol. The fraction of sp³-hybridized carbons (Fsp3) is 0.529. The number of hydrogen-bond donors (Lipinski definition) is 3. The van der Waals surface area contributed by atoms with E-state index in [-0.39, 0.29) is 41.8 Å². The van der Waals surface area contributed by atoms with Crippen LogP contribution in [0.1, 0.15) is 32.1 Å². The summed E-state index contributed by atoms with van der Waals surface area (Å²) in [6.07, 6.45) is 4.15. The number of benzene rings is 1. The molecule has 1 aliphatic heterocycles. The molecule has 9 heteroatoms. The van der Waals surface area contributed by atoms with Gasteiger partial charge in [-0.3, -0.25) is 19.7 Å². The number of nitro benzene ring substituents is 1. The molecule has 1 aromatic carbocycles. The van der Waals surface area contributed by atoms with Crippen LogP contribution < -0.4 is 20.7 Å². The third kappa shape index (κ3) is 3.93. The average Bonchev–Trinajstić information content (AvgIpc) is 2.62. The lowest BCUT2D eigenvalue weighted by Gasteiger charge is -2.40. The highest BCUT2D eigenvalue weighted by atomic mass is 16.6. The molecule has 1 heterocycles. The standard InChI is InChI=1S/C17H22N4O5/c1-26-15-8-10(21(24)25)6-7-13(15)19-16(22)9-14-17(23)20-12-5-3-2-4-11(12)18-14/h6-8,11-12,14,18H,2-5,9H2,1H3,(H,19,22)(H,20,23). The van der Waals surface area contributed by atoms with E-state index >= 15 is 0 Å². The van der Waals surface area contributed by atoms with Gasteiger partial charge in [-0.1, -0.05) is 12.8 Å². The Balaban J connectivity index is 1.63. The maximum atomic E-state index is 12.4. The Hall–Kier alpha value is -2.68. The summed E-state index contributed by atoms with van der Waals surface area (Å²) in [4.78, 5) is 34.9. The number of fused-ring (bicyclic) bond motifs is 1. The van der Waals surface area contributed by atoms with Gasteiger partial charge in [-0.25, -0.2) is 0 Å². The number of non-ortho nitro benzene ring substituents is 1. The van der Waals surface area contributed by atoms with Crippen LogP contribution >= 0.6 is 0 Å². The van der Waals surface area contributed by atoms with Crippen molar-refractivity contribution in [3.05, 3.63) is 28.3 Å². The number of nitrogens with one attached hydrogen (secondary N) is 3. The van der Waals surface area contributed by atoms with Crippen LogP contribution in [0.25, 0.3) is 0 Å². The van der Waals surface area contributed by atoms with Crippen molar-refractivity contribution in [1.82, 2.24) is 10.6 Å². The van der Waals surface area contributed by atoms with Gasteiger partial charge in [-0.15, -0.1) is 0 Å². The zero-order chi connectivity index (χ0) is 18.7. The smallest absolute Gasteiger partial charge is 0.273 e. The van der Waals surface area contributed by atoms with Crippen LogP contribution in [-0.4, -0.2) is 42.0 Å². The highest BCUT2D eigenvalue weighted by Gasteiger charge is 2.37. The maximum Gasteiger partial charge on any atom is 0.273 e. The lowest BCUT2D eigenvalue weighted by Crippen LogP contribution is -2.65. The van der Waals surface area contributed by atoms with Crippen LogP contribution in [0.4, 0.5) is 11.4 Å². The molecule has 2 aliphatic rings.